The standard InChI is InChI=1S/C15H14N4O4/c1-18(2)12-6-4-11(5-7-12)16-17-13-8-3-10(15(20)21)9-14(13)19(22)23/h3-9H,1-2H3,(H,20,21). The first-order valence-electron chi connectivity index (χ1n) is 6.59. The second kappa shape index (κ2) is 6.65. The molecule has 0 aromatic heterocycles. The van der Waals surface area contributed by atoms with Crippen LogP contribution in [0.4, 0.5) is 22.7 Å². The normalized spacial score (nSPS) is 10.7. The van der Waals surface area contributed by atoms with Gasteiger partial charge in [-0.2, -0.15) is 5.11 Å². The summed E-state index contributed by atoms with van der Waals surface area (Å²) in [6, 6.07) is 10.6. The summed E-state index contributed by atoms with van der Waals surface area (Å²) in [6.45, 7) is 0. The van der Waals surface area contributed by atoms with Crippen molar-refractivity contribution in [3.63, 3.8) is 0 Å². The van der Waals surface area contributed by atoms with Crippen molar-refractivity contribution in [2.24, 2.45) is 10.2 Å². The molecule has 0 radical (unpaired) electrons. The fourth-order valence-electron chi connectivity index (χ4n) is 1.82. The predicted octanol–water partition coefficient (Wildman–Crippen LogP) is 3.77. The second-order valence-electron chi connectivity index (χ2n) is 4.88. The fraction of sp³-hybridized carbons (Fsp3) is 0.133. The van der Waals surface area contributed by atoms with Gasteiger partial charge in [-0.25, -0.2) is 4.79 Å². The molecule has 0 unspecified atom stereocenters. The number of azo groups is 1. The number of nitro groups is 1. The maximum atomic E-state index is 11.0. The van der Waals surface area contributed by atoms with Crippen LogP contribution in [0.5, 0.6) is 0 Å². The topological polar surface area (TPSA) is 108 Å². The summed E-state index contributed by atoms with van der Waals surface area (Å²) in [4.78, 5) is 23.1. The van der Waals surface area contributed by atoms with E-state index in [2.05, 4.69) is 10.2 Å². The van der Waals surface area contributed by atoms with E-state index in [9.17, 15) is 14.9 Å². The summed E-state index contributed by atoms with van der Waals surface area (Å²) < 4.78 is 0. The first-order chi connectivity index (χ1) is 10.9. The largest absolute Gasteiger partial charge is 0.478 e. The van der Waals surface area contributed by atoms with Crippen LogP contribution in [0.2, 0.25) is 0 Å². The van der Waals surface area contributed by atoms with Gasteiger partial charge in [-0.3, -0.25) is 10.1 Å². The average Bonchev–Trinajstić information content (AvgIpc) is 2.52. The number of nitro benzene ring substituents is 1. The van der Waals surface area contributed by atoms with Gasteiger partial charge in [0.25, 0.3) is 5.69 Å². The van der Waals surface area contributed by atoms with Crippen molar-refractivity contribution in [1.29, 1.82) is 0 Å². The summed E-state index contributed by atoms with van der Waals surface area (Å²) in [5.41, 5.74) is 0.939. The van der Waals surface area contributed by atoms with Gasteiger partial charge in [0.05, 0.1) is 16.2 Å². The van der Waals surface area contributed by atoms with Gasteiger partial charge in [0.15, 0.2) is 5.69 Å². The van der Waals surface area contributed by atoms with Crippen molar-refractivity contribution < 1.29 is 14.8 Å². The van der Waals surface area contributed by atoms with Crippen LogP contribution in [-0.4, -0.2) is 30.1 Å². The fourth-order valence-corrected chi connectivity index (χ4v) is 1.82. The van der Waals surface area contributed by atoms with Gasteiger partial charge in [-0.1, -0.05) is 0 Å². The van der Waals surface area contributed by atoms with Gasteiger partial charge in [-0.05, 0) is 36.4 Å². The van der Waals surface area contributed by atoms with Crippen LogP contribution in [0.25, 0.3) is 0 Å². The number of carboxylic acids is 1. The molecule has 8 nitrogen and oxygen atoms in total. The van der Waals surface area contributed by atoms with E-state index in [0.717, 1.165) is 11.8 Å². The molecule has 0 heterocycles. The number of nitrogens with zero attached hydrogens (tertiary/aromatic N) is 4. The third kappa shape index (κ3) is 3.88. The molecule has 2 aromatic carbocycles. The molecule has 0 aliphatic carbocycles. The molecule has 0 aliphatic heterocycles. The van der Waals surface area contributed by atoms with E-state index in [4.69, 9.17) is 5.11 Å². The van der Waals surface area contributed by atoms with Gasteiger partial charge in [-0.15, -0.1) is 5.11 Å². The van der Waals surface area contributed by atoms with Gasteiger partial charge < -0.3 is 10.0 Å². The lowest BCUT2D eigenvalue weighted by atomic mass is 10.2. The summed E-state index contributed by atoms with van der Waals surface area (Å²) in [5, 5.41) is 27.7. The lowest BCUT2D eigenvalue weighted by molar-refractivity contribution is -0.384. The highest BCUT2D eigenvalue weighted by atomic mass is 16.6. The highest BCUT2D eigenvalue weighted by Gasteiger charge is 2.17. The van der Waals surface area contributed by atoms with Crippen LogP contribution in [0.1, 0.15) is 10.4 Å². The zero-order chi connectivity index (χ0) is 17.0. The molecule has 0 amide bonds. The van der Waals surface area contributed by atoms with Crippen LogP contribution in [0.3, 0.4) is 0 Å². The van der Waals surface area contributed by atoms with Gasteiger partial charge in [0, 0.05) is 25.8 Å². The Bertz CT molecular complexity index is 770. The quantitative estimate of drug-likeness (QED) is 0.513. The summed E-state index contributed by atoms with van der Waals surface area (Å²) in [5.74, 6) is -1.24. The minimum absolute atomic E-state index is 0.00307. The molecule has 0 fully saturated rings. The molecule has 0 saturated heterocycles. The maximum Gasteiger partial charge on any atom is 0.335 e. The Morgan fingerprint density at radius 2 is 1.78 bits per heavy atom. The van der Waals surface area contributed by atoms with E-state index < -0.39 is 16.6 Å². The van der Waals surface area contributed by atoms with Crippen LogP contribution in [-0.2, 0) is 0 Å². The number of hydrogen-bond donors (Lipinski definition) is 1. The van der Waals surface area contributed by atoms with E-state index in [-0.39, 0.29) is 11.3 Å². The molecule has 2 aromatic rings. The molecule has 0 bridgehead atoms. The molecule has 0 spiro atoms. The average molecular weight is 314 g/mol. The Labute approximate surface area is 131 Å². The molecule has 2 rings (SSSR count). The molecule has 0 aliphatic rings. The second-order valence-corrected chi connectivity index (χ2v) is 4.88. The van der Waals surface area contributed by atoms with Gasteiger partial charge in [0.2, 0.25) is 0 Å². The van der Waals surface area contributed by atoms with E-state index in [1.807, 2.05) is 31.1 Å². The number of carboxylic acid groups (broad SMARTS) is 1. The lowest BCUT2D eigenvalue weighted by Gasteiger charge is -2.11. The maximum absolute atomic E-state index is 11.0. The first-order valence-corrected chi connectivity index (χ1v) is 6.59. The zero-order valence-corrected chi connectivity index (χ0v) is 12.5. The Morgan fingerprint density at radius 3 is 2.30 bits per heavy atom. The SMILES string of the molecule is CN(C)c1ccc(N=Nc2ccc(C(=O)O)cc2[N+](=O)[O-])cc1. The molecule has 0 saturated carbocycles. The molecule has 0 atom stereocenters. The molecular weight excluding hydrogens is 300 g/mol. The summed E-state index contributed by atoms with van der Waals surface area (Å²) in [7, 11) is 3.81. The molecular formula is C15H14N4O4. The number of anilines is 1. The van der Waals surface area contributed by atoms with Crippen LogP contribution >= 0.6 is 0 Å². The van der Waals surface area contributed by atoms with Crippen LogP contribution < -0.4 is 4.90 Å². The predicted molar refractivity (Wildman–Crippen MR) is 85.0 cm³/mol. The number of hydrogen-bond acceptors (Lipinski definition) is 6. The van der Waals surface area contributed by atoms with Crippen molar-refractivity contribution in [3.05, 3.63) is 58.1 Å². The van der Waals surface area contributed by atoms with Crippen LogP contribution in [0, 0.1) is 10.1 Å². The van der Waals surface area contributed by atoms with Crippen molar-refractivity contribution in [1.82, 2.24) is 0 Å². The number of aromatic carboxylic acids is 1. The van der Waals surface area contributed by atoms with E-state index in [0.29, 0.717) is 5.69 Å². The monoisotopic (exact) mass is 314 g/mol. The highest BCUT2D eigenvalue weighted by molar-refractivity contribution is 5.89. The number of carbonyl (C=O) groups is 1. The van der Waals surface area contributed by atoms with Crippen molar-refractivity contribution in [2.75, 3.05) is 19.0 Å². The van der Waals surface area contributed by atoms with Crippen molar-refractivity contribution >= 4 is 28.7 Å². The van der Waals surface area contributed by atoms with E-state index >= 15 is 0 Å². The van der Waals surface area contributed by atoms with Gasteiger partial charge in [0.1, 0.15) is 0 Å². The van der Waals surface area contributed by atoms with Crippen molar-refractivity contribution in [3.8, 4) is 0 Å². The molecule has 23 heavy (non-hydrogen) atoms. The first kappa shape index (κ1) is 16.1. The Balaban J connectivity index is 2.31. The van der Waals surface area contributed by atoms with E-state index in [1.54, 1.807) is 12.1 Å². The smallest absolute Gasteiger partial charge is 0.335 e. The Kier molecular flexibility index (Phi) is 4.65. The number of benzene rings is 2. The third-order valence-corrected chi connectivity index (χ3v) is 3.06. The van der Waals surface area contributed by atoms with E-state index in [1.165, 1.54) is 12.1 Å². The van der Waals surface area contributed by atoms with Crippen molar-refractivity contribution in [2.45, 2.75) is 0 Å². The summed E-state index contributed by atoms with van der Waals surface area (Å²) >= 11 is 0. The summed E-state index contributed by atoms with van der Waals surface area (Å²) in [6.07, 6.45) is 0. The Hall–Kier alpha value is -3.29. The minimum Gasteiger partial charge on any atom is -0.478 e. The van der Waals surface area contributed by atoms with Gasteiger partial charge >= 0.3 is 5.97 Å². The molecule has 8 heteroatoms. The Morgan fingerprint density at radius 1 is 1.13 bits per heavy atom. The molecule has 1 N–H and O–H groups in total. The van der Waals surface area contributed by atoms with Crippen LogP contribution in [0.15, 0.2) is 52.7 Å². The third-order valence-electron chi connectivity index (χ3n) is 3.06. The number of rotatable bonds is 5. The molecule has 118 valence electrons. The minimum atomic E-state index is -1.24. The zero-order valence-electron chi connectivity index (χ0n) is 12.5. The highest BCUT2D eigenvalue weighted by Crippen LogP contribution is 2.30. The lowest BCUT2D eigenvalue weighted by Crippen LogP contribution is -2.07.